The summed E-state index contributed by atoms with van der Waals surface area (Å²) in [4.78, 5) is 30.3. The summed E-state index contributed by atoms with van der Waals surface area (Å²) in [6.45, 7) is 4.46. The van der Waals surface area contributed by atoms with Gasteiger partial charge in [-0.1, -0.05) is 24.3 Å². The molecule has 0 aliphatic carbocycles. The molecular weight excluding hydrogens is 316 g/mol. The van der Waals surface area contributed by atoms with Crippen LogP contribution in [-0.2, 0) is 16.0 Å². The molecule has 25 heavy (non-hydrogen) atoms. The van der Waals surface area contributed by atoms with Crippen LogP contribution in [-0.4, -0.2) is 33.4 Å². The van der Waals surface area contributed by atoms with Crippen LogP contribution >= 0.6 is 0 Å². The maximum Gasteiger partial charge on any atom is 0.309 e. The number of carboxylic acid groups (broad SMARTS) is 1. The number of amides is 1. The second-order valence-electron chi connectivity index (χ2n) is 6.54. The largest absolute Gasteiger partial charge is 0.481 e. The van der Waals surface area contributed by atoms with E-state index in [9.17, 15) is 14.7 Å². The zero-order valence-electron chi connectivity index (χ0n) is 14.5. The van der Waals surface area contributed by atoms with Gasteiger partial charge in [0, 0.05) is 31.3 Å². The van der Waals surface area contributed by atoms with Crippen LogP contribution in [0.3, 0.4) is 0 Å². The Morgan fingerprint density at radius 2 is 2.04 bits per heavy atom. The van der Waals surface area contributed by atoms with E-state index in [2.05, 4.69) is 4.98 Å². The highest BCUT2D eigenvalue weighted by molar-refractivity contribution is 5.87. The van der Waals surface area contributed by atoms with Gasteiger partial charge < -0.3 is 10.0 Å². The van der Waals surface area contributed by atoms with Gasteiger partial charge in [0.25, 0.3) is 0 Å². The summed E-state index contributed by atoms with van der Waals surface area (Å²) in [5.41, 5.74) is 3.98. The first-order valence-corrected chi connectivity index (χ1v) is 8.47. The molecule has 0 saturated carbocycles. The molecule has 0 spiro atoms. The van der Waals surface area contributed by atoms with E-state index < -0.39 is 17.9 Å². The van der Waals surface area contributed by atoms with Crippen LogP contribution in [0.25, 0.3) is 0 Å². The summed E-state index contributed by atoms with van der Waals surface area (Å²) < 4.78 is 0. The van der Waals surface area contributed by atoms with Gasteiger partial charge in [0.2, 0.25) is 5.91 Å². The van der Waals surface area contributed by atoms with Crippen LogP contribution in [0.15, 0.2) is 42.6 Å². The van der Waals surface area contributed by atoms with E-state index in [-0.39, 0.29) is 12.3 Å². The Morgan fingerprint density at radius 1 is 1.24 bits per heavy atom. The van der Waals surface area contributed by atoms with Crippen LogP contribution in [0.4, 0.5) is 0 Å². The van der Waals surface area contributed by atoms with E-state index in [1.165, 1.54) is 0 Å². The van der Waals surface area contributed by atoms with Crippen molar-refractivity contribution in [1.29, 1.82) is 0 Å². The van der Waals surface area contributed by atoms with Crippen molar-refractivity contribution < 1.29 is 14.7 Å². The van der Waals surface area contributed by atoms with Gasteiger partial charge >= 0.3 is 5.97 Å². The summed E-state index contributed by atoms with van der Waals surface area (Å²) in [5.74, 6) is -1.73. The molecule has 0 radical (unpaired) electrons. The lowest BCUT2D eigenvalue weighted by atomic mass is 9.89. The maximum atomic E-state index is 12.5. The van der Waals surface area contributed by atoms with Gasteiger partial charge in [0.1, 0.15) is 0 Å². The minimum Gasteiger partial charge on any atom is -0.481 e. The third-order valence-corrected chi connectivity index (χ3v) is 5.05. The summed E-state index contributed by atoms with van der Waals surface area (Å²) in [5, 5.41) is 9.63. The average Bonchev–Trinajstić information content (AvgIpc) is 2.93. The molecule has 0 bridgehead atoms. The number of aliphatic carboxylic acids is 1. The van der Waals surface area contributed by atoms with Crippen LogP contribution < -0.4 is 0 Å². The van der Waals surface area contributed by atoms with Crippen LogP contribution in [0.5, 0.6) is 0 Å². The molecule has 2 unspecified atom stereocenters. The summed E-state index contributed by atoms with van der Waals surface area (Å²) >= 11 is 0. The Balaban J connectivity index is 1.92. The Kier molecular flexibility index (Phi) is 4.83. The first kappa shape index (κ1) is 17.1. The molecule has 130 valence electrons. The standard InChI is InChI=1S/C20H22N2O3/c1-13-6-5-8-16(14(13)2)19-17(20(24)25)12-18(23)22(19)11-9-15-7-3-4-10-21-15/h3-8,10,17,19H,9,11-12H2,1-2H3,(H,24,25). The zero-order valence-corrected chi connectivity index (χ0v) is 14.5. The maximum absolute atomic E-state index is 12.5. The molecule has 1 saturated heterocycles. The molecule has 2 atom stereocenters. The predicted octanol–water partition coefficient (Wildman–Crippen LogP) is 2.92. The topological polar surface area (TPSA) is 70.5 Å². The predicted molar refractivity (Wildman–Crippen MR) is 94.1 cm³/mol. The monoisotopic (exact) mass is 338 g/mol. The lowest BCUT2D eigenvalue weighted by Crippen LogP contribution is -2.33. The number of hydrogen-bond acceptors (Lipinski definition) is 3. The van der Waals surface area contributed by atoms with Gasteiger partial charge in [-0.15, -0.1) is 0 Å². The van der Waals surface area contributed by atoms with Gasteiger partial charge in [-0.25, -0.2) is 0 Å². The molecular formula is C20H22N2O3. The quantitative estimate of drug-likeness (QED) is 0.910. The molecule has 1 amide bonds. The van der Waals surface area contributed by atoms with Crippen molar-refractivity contribution in [3.63, 3.8) is 0 Å². The van der Waals surface area contributed by atoms with E-state index in [1.54, 1.807) is 11.1 Å². The first-order valence-electron chi connectivity index (χ1n) is 8.47. The van der Waals surface area contributed by atoms with E-state index in [4.69, 9.17) is 0 Å². The van der Waals surface area contributed by atoms with E-state index in [0.29, 0.717) is 13.0 Å². The van der Waals surface area contributed by atoms with Crippen molar-refractivity contribution in [3.05, 3.63) is 65.0 Å². The van der Waals surface area contributed by atoms with Crippen molar-refractivity contribution in [2.45, 2.75) is 32.7 Å². The van der Waals surface area contributed by atoms with Crippen LogP contribution in [0, 0.1) is 19.8 Å². The Bertz CT molecular complexity index is 789. The van der Waals surface area contributed by atoms with Gasteiger partial charge in [-0.05, 0) is 42.7 Å². The molecule has 2 aromatic rings. The van der Waals surface area contributed by atoms with Gasteiger partial charge in [0.05, 0.1) is 12.0 Å². The number of rotatable bonds is 5. The zero-order chi connectivity index (χ0) is 18.0. The number of benzene rings is 1. The molecule has 1 N–H and O–H groups in total. The van der Waals surface area contributed by atoms with Crippen LogP contribution in [0.1, 0.15) is 34.8 Å². The minimum atomic E-state index is -0.917. The smallest absolute Gasteiger partial charge is 0.309 e. The normalized spacial score (nSPS) is 20.1. The molecule has 1 aromatic heterocycles. The average molecular weight is 338 g/mol. The number of aryl methyl sites for hydroxylation is 1. The Hall–Kier alpha value is -2.69. The fourth-order valence-electron chi connectivity index (χ4n) is 3.54. The van der Waals surface area contributed by atoms with E-state index in [0.717, 1.165) is 22.4 Å². The second-order valence-corrected chi connectivity index (χ2v) is 6.54. The summed E-state index contributed by atoms with van der Waals surface area (Å²) in [6, 6.07) is 11.1. The fourth-order valence-corrected chi connectivity index (χ4v) is 3.54. The Morgan fingerprint density at radius 3 is 2.72 bits per heavy atom. The highest BCUT2D eigenvalue weighted by Crippen LogP contribution is 2.40. The van der Waals surface area contributed by atoms with Crippen molar-refractivity contribution in [2.24, 2.45) is 5.92 Å². The van der Waals surface area contributed by atoms with E-state index in [1.807, 2.05) is 50.2 Å². The van der Waals surface area contributed by atoms with Crippen molar-refractivity contribution in [2.75, 3.05) is 6.54 Å². The van der Waals surface area contributed by atoms with Crippen molar-refractivity contribution >= 4 is 11.9 Å². The number of aromatic nitrogens is 1. The number of hydrogen-bond donors (Lipinski definition) is 1. The highest BCUT2D eigenvalue weighted by Gasteiger charge is 2.44. The molecule has 1 aliphatic rings. The third kappa shape index (κ3) is 3.40. The molecule has 5 nitrogen and oxygen atoms in total. The number of likely N-dealkylation sites (tertiary alicyclic amines) is 1. The number of carbonyl (C=O) groups excluding carboxylic acids is 1. The lowest BCUT2D eigenvalue weighted by molar-refractivity contribution is -0.142. The molecule has 2 heterocycles. The number of pyridine rings is 1. The number of nitrogens with zero attached hydrogens (tertiary/aromatic N) is 2. The molecule has 3 rings (SSSR count). The van der Waals surface area contributed by atoms with Gasteiger partial charge in [-0.2, -0.15) is 0 Å². The molecule has 1 fully saturated rings. The van der Waals surface area contributed by atoms with E-state index >= 15 is 0 Å². The van der Waals surface area contributed by atoms with Gasteiger partial charge in [0.15, 0.2) is 0 Å². The van der Waals surface area contributed by atoms with Crippen molar-refractivity contribution in [3.8, 4) is 0 Å². The minimum absolute atomic E-state index is 0.0512. The summed E-state index contributed by atoms with van der Waals surface area (Å²) in [7, 11) is 0. The second kappa shape index (κ2) is 7.05. The van der Waals surface area contributed by atoms with Crippen LogP contribution in [0.2, 0.25) is 0 Å². The number of carboxylic acids is 1. The Labute approximate surface area is 147 Å². The van der Waals surface area contributed by atoms with Crippen molar-refractivity contribution in [1.82, 2.24) is 9.88 Å². The van der Waals surface area contributed by atoms with Gasteiger partial charge in [-0.3, -0.25) is 14.6 Å². The molecule has 5 heteroatoms. The number of carbonyl (C=O) groups is 2. The lowest BCUT2D eigenvalue weighted by Gasteiger charge is -2.29. The highest BCUT2D eigenvalue weighted by atomic mass is 16.4. The summed E-state index contributed by atoms with van der Waals surface area (Å²) in [6.07, 6.45) is 2.39. The molecule has 1 aromatic carbocycles. The molecule has 1 aliphatic heterocycles. The fraction of sp³-hybridized carbons (Fsp3) is 0.350. The first-order chi connectivity index (χ1) is 12.0. The third-order valence-electron chi connectivity index (χ3n) is 5.05. The SMILES string of the molecule is Cc1cccc(C2C(C(=O)O)CC(=O)N2CCc2ccccn2)c1C.